The molecule has 2 aromatic heterocycles. The van der Waals surface area contributed by atoms with Gasteiger partial charge in [-0.05, 0) is 42.2 Å². The lowest BCUT2D eigenvalue weighted by Crippen LogP contribution is -2.38. The van der Waals surface area contributed by atoms with E-state index in [9.17, 15) is 18.0 Å². The summed E-state index contributed by atoms with van der Waals surface area (Å²) in [5.74, 6) is -0.847. The molecule has 0 amide bonds. The van der Waals surface area contributed by atoms with Crippen molar-refractivity contribution in [3.63, 3.8) is 0 Å². The van der Waals surface area contributed by atoms with Gasteiger partial charge in [-0.25, -0.2) is 0 Å². The van der Waals surface area contributed by atoms with Crippen LogP contribution in [0.15, 0.2) is 66.7 Å². The summed E-state index contributed by atoms with van der Waals surface area (Å²) in [5.41, 5.74) is 2.07. The maximum Gasteiger partial charge on any atom is 0.453 e. The van der Waals surface area contributed by atoms with Gasteiger partial charge in [0.05, 0.1) is 5.92 Å². The number of carbonyl (C=O) groups excluding carboxylic acids is 1. The van der Waals surface area contributed by atoms with Crippen LogP contribution in [0.4, 0.5) is 19.0 Å². The Morgan fingerprint density at radius 1 is 0.943 bits per heavy atom. The van der Waals surface area contributed by atoms with E-state index >= 15 is 0 Å². The van der Waals surface area contributed by atoms with Crippen LogP contribution in [0.5, 0.6) is 5.75 Å². The van der Waals surface area contributed by atoms with Crippen LogP contribution in [-0.2, 0) is 17.4 Å². The number of aromatic nitrogens is 4. The fraction of sp³-hybridized carbons (Fsp3) is 0.280. The van der Waals surface area contributed by atoms with Crippen LogP contribution in [0, 0.1) is 5.92 Å². The molecule has 1 saturated heterocycles. The average molecular weight is 481 g/mol. The number of para-hydroxylation sites is 1. The highest BCUT2D eigenvalue weighted by Gasteiger charge is 2.38. The zero-order chi connectivity index (χ0) is 24.4. The Morgan fingerprint density at radius 2 is 1.66 bits per heavy atom. The number of anilines is 1. The van der Waals surface area contributed by atoms with Crippen molar-refractivity contribution in [3.8, 4) is 5.75 Å². The number of esters is 1. The Morgan fingerprint density at radius 3 is 2.40 bits per heavy atom. The van der Waals surface area contributed by atoms with E-state index in [4.69, 9.17) is 4.74 Å². The fourth-order valence-corrected chi connectivity index (χ4v) is 4.23. The van der Waals surface area contributed by atoms with Crippen molar-refractivity contribution in [2.24, 2.45) is 5.92 Å². The highest BCUT2D eigenvalue weighted by molar-refractivity contribution is 5.76. The van der Waals surface area contributed by atoms with Crippen LogP contribution >= 0.6 is 0 Å². The maximum absolute atomic E-state index is 13.2. The smallest absolute Gasteiger partial charge is 0.426 e. The van der Waals surface area contributed by atoms with Crippen LogP contribution in [0.2, 0.25) is 0 Å². The van der Waals surface area contributed by atoms with E-state index in [-0.39, 0.29) is 17.5 Å². The molecule has 0 spiro atoms. The number of rotatable bonds is 5. The Hall–Kier alpha value is -3.95. The number of fused-ring (bicyclic) bond motifs is 1. The molecule has 10 heteroatoms. The summed E-state index contributed by atoms with van der Waals surface area (Å²) < 4.78 is 46.0. The molecule has 0 N–H and O–H groups in total. The summed E-state index contributed by atoms with van der Waals surface area (Å²) in [5, 5.41) is 10.8. The molecule has 5 rings (SSSR count). The Balaban J connectivity index is 1.24. The highest BCUT2D eigenvalue weighted by atomic mass is 19.4. The van der Waals surface area contributed by atoms with Crippen molar-refractivity contribution >= 4 is 17.4 Å². The van der Waals surface area contributed by atoms with Crippen LogP contribution in [0.1, 0.15) is 29.8 Å². The summed E-state index contributed by atoms with van der Waals surface area (Å²) in [7, 11) is 0. The second kappa shape index (κ2) is 9.36. The molecule has 0 radical (unpaired) electrons. The number of alkyl halides is 3. The first-order valence-electron chi connectivity index (χ1n) is 11.3. The van der Waals surface area contributed by atoms with Gasteiger partial charge < -0.3 is 9.64 Å². The Bertz CT molecular complexity index is 1330. The third-order valence-corrected chi connectivity index (χ3v) is 6.08. The van der Waals surface area contributed by atoms with E-state index in [1.807, 2.05) is 53.4 Å². The number of piperidine rings is 1. The lowest BCUT2D eigenvalue weighted by molar-refractivity contribution is -0.146. The number of carbonyl (C=O) groups is 1. The van der Waals surface area contributed by atoms with Gasteiger partial charge in [0.15, 0.2) is 5.65 Å². The molecule has 0 unspecified atom stereocenters. The first-order valence-corrected chi connectivity index (χ1v) is 11.3. The number of hydrogen-bond donors (Lipinski definition) is 0. The molecule has 4 aromatic rings. The van der Waals surface area contributed by atoms with Crippen molar-refractivity contribution in [2.75, 3.05) is 18.0 Å². The largest absolute Gasteiger partial charge is 0.453 e. The van der Waals surface area contributed by atoms with Gasteiger partial charge in [-0.3, -0.25) is 4.79 Å². The Kier molecular flexibility index (Phi) is 6.10. The normalized spacial score (nSPS) is 14.9. The van der Waals surface area contributed by atoms with Crippen LogP contribution in [0.25, 0.3) is 5.65 Å². The van der Waals surface area contributed by atoms with Gasteiger partial charge in [0.1, 0.15) is 11.6 Å². The molecule has 1 aliphatic rings. The predicted octanol–water partition coefficient (Wildman–Crippen LogP) is 4.56. The van der Waals surface area contributed by atoms with Gasteiger partial charge in [0.25, 0.3) is 5.82 Å². The zero-order valence-corrected chi connectivity index (χ0v) is 18.7. The molecule has 0 saturated carbocycles. The quantitative estimate of drug-likeness (QED) is 0.308. The minimum atomic E-state index is -4.65. The molecule has 0 atom stereocenters. The van der Waals surface area contributed by atoms with E-state index in [2.05, 4.69) is 15.3 Å². The van der Waals surface area contributed by atoms with Crippen LogP contribution in [0.3, 0.4) is 0 Å². The first-order chi connectivity index (χ1) is 16.9. The molecule has 180 valence electrons. The van der Waals surface area contributed by atoms with Gasteiger partial charge in [-0.2, -0.15) is 17.7 Å². The zero-order valence-electron chi connectivity index (χ0n) is 18.7. The van der Waals surface area contributed by atoms with Crippen molar-refractivity contribution in [1.82, 2.24) is 19.8 Å². The van der Waals surface area contributed by atoms with E-state index in [0.717, 1.165) is 11.1 Å². The lowest BCUT2D eigenvalue weighted by atomic mass is 9.97. The molecule has 1 aliphatic heterocycles. The summed E-state index contributed by atoms with van der Waals surface area (Å²) in [4.78, 5) is 14.8. The maximum atomic E-state index is 13.2. The lowest BCUT2D eigenvalue weighted by Gasteiger charge is -2.31. The van der Waals surface area contributed by atoms with Crippen molar-refractivity contribution < 1.29 is 22.7 Å². The molecule has 2 aromatic carbocycles. The van der Waals surface area contributed by atoms with Gasteiger partial charge in [0.2, 0.25) is 0 Å². The molecule has 0 aliphatic carbocycles. The molecule has 35 heavy (non-hydrogen) atoms. The van der Waals surface area contributed by atoms with Gasteiger partial charge in [-0.1, -0.05) is 48.5 Å². The third-order valence-electron chi connectivity index (χ3n) is 6.08. The van der Waals surface area contributed by atoms with Crippen molar-refractivity contribution in [3.05, 3.63) is 83.7 Å². The number of benzene rings is 2. The topological polar surface area (TPSA) is 72.6 Å². The third kappa shape index (κ3) is 4.96. The standard InChI is InChI=1S/C25H22F3N5O2/c26-25(27,28)24-30-29-21-10-11-22(31-33(21)24)32-14-12-18(13-15-32)23(34)35-20-9-5-4-8-19(20)16-17-6-2-1-3-7-17/h1-11,18H,12-16H2. The van der Waals surface area contributed by atoms with E-state index < -0.39 is 12.0 Å². The minimum absolute atomic E-state index is 0.0220. The molecule has 1 fully saturated rings. The van der Waals surface area contributed by atoms with E-state index in [1.165, 1.54) is 6.07 Å². The average Bonchev–Trinajstić information content (AvgIpc) is 3.30. The summed E-state index contributed by atoms with van der Waals surface area (Å²) in [6, 6.07) is 20.5. The second-order valence-electron chi connectivity index (χ2n) is 8.44. The monoisotopic (exact) mass is 481 g/mol. The first kappa shape index (κ1) is 22.8. The highest BCUT2D eigenvalue weighted by Crippen LogP contribution is 2.29. The van der Waals surface area contributed by atoms with E-state index in [0.29, 0.717) is 48.4 Å². The minimum Gasteiger partial charge on any atom is -0.426 e. The van der Waals surface area contributed by atoms with Gasteiger partial charge in [0, 0.05) is 19.5 Å². The number of hydrogen-bond acceptors (Lipinski definition) is 6. The second-order valence-corrected chi connectivity index (χ2v) is 8.44. The van der Waals surface area contributed by atoms with Crippen molar-refractivity contribution in [2.45, 2.75) is 25.4 Å². The van der Waals surface area contributed by atoms with E-state index in [1.54, 1.807) is 12.1 Å². The number of halogens is 3. The van der Waals surface area contributed by atoms with Crippen LogP contribution in [-0.4, -0.2) is 38.9 Å². The van der Waals surface area contributed by atoms with Gasteiger partial charge >= 0.3 is 12.1 Å². The SMILES string of the molecule is O=C(Oc1ccccc1Cc1ccccc1)C1CCN(c2ccc3nnc(C(F)(F)F)n3n2)CC1. The number of ether oxygens (including phenoxy) is 1. The molecular formula is C25H22F3N5O2. The predicted molar refractivity (Wildman–Crippen MR) is 122 cm³/mol. The van der Waals surface area contributed by atoms with Crippen molar-refractivity contribution in [1.29, 1.82) is 0 Å². The summed E-state index contributed by atoms with van der Waals surface area (Å²) >= 11 is 0. The summed E-state index contributed by atoms with van der Waals surface area (Å²) in [6.45, 7) is 0.931. The molecule has 0 bridgehead atoms. The summed E-state index contributed by atoms with van der Waals surface area (Å²) in [6.07, 6.45) is -2.99. The molecule has 7 nitrogen and oxygen atoms in total. The van der Waals surface area contributed by atoms with Crippen LogP contribution < -0.4 is 9.64 Å². The molecular weight excluding hydrogens is 459 g/mol. The Labute approximate surface area is 199 Å². The van der Waals surface area contributed by atoms with Gasteiger partial charge in [-0.15, -0.1) is 15.3 Å². The fourth-order valence-electron chi connectivity index (χ4n) is 4.23. The molecule has 3 heterocycles. The number of nitrogens with zero attached hydrogens (tertiary/aromatic N) is 5.